The summed E-state index contributed by atoms with van der Waals surface area (Å²) in [6.07, 6.45) is 1.90. The van der Waals surface area contributed by atoms with Crippen molar-refractivity contribution >= 4 is 5.57 Å². The first-order chi connectivity index (χ1) is 10.1. The minimum Gasteiger partial charge on any atom is -0.497 e. The van der Waals surface area contributed by atoms with Crippen LogP contribution in [0.5, 0.6) is 5.75 Å². The SMILES string of the molecule is COc1cccc(C2OC=C(c3ccccc3)C2(C)C)c1. The van der Waals surface area contributed by atoms with Crippen molar-refractivity contribution in [2.24, 2.45) is 5.41 Å². The van der Waals surface area contributed by atoms with Gasteiger partial charge in [0.05, 0.1) is 13.4 Å². The number of hydrogen-bond donors (Lipinski definition) is 0. The zero-order valence-electron chi connectivity index (χ0n) is 12.7. The summed E-state index contributed by atoms with van der Waals surface area (Å²) >= 11 is 0. The first-order valence-electron chi connectivity index (χ1n) is 7.18. The second-order valence-corrected chi connectivity index (χ2v) is 5.91. The molecule has 2 heteroatoms. The molecule has 0 fully saturated rings. The van der Waals surface area contributed by atoms with Crippen molar-refractivity contribution < 1.29 is 9.47 Å². The monoisotopic (exact) mass is 280 g/mol. The molecule has 108 valence electrons. The Bertz CT molecular complexity index is 656. The van der Waals surface area contributed by atoms with Gasteiger partial charge in [-0.15, -0.1) is 0 Å². The van der Waals surface area contributed by atoms with Crippen molar-refractivity contribution in [3.63, 3.8) is 0 Å². The zero-order chi connectivity index (χ0) is 14.9. The summed E-state index contributed by atoms with van der Waals surface area (Å²) < 4.78 is 11.3. The van der Waals surface area contributed by atoms with Gasteiger partial charge < -0.3 is 9.47 Å². The fraction of sp³-hybridized carbons (Fsp3) is 0.263. The van der Waals surface area contributed by atoms with E-state index in [1.54, 1.807) is 7.11 Å². The van der Waals surface area contributed by atoms with Crippen LogP contribution >= 0.6 is 0 Å². The third kappa shape index (κ3) is 2.42. The quantitative estimate of drug-likeness (QED) is 0.801. The van der Waals surface area contributed by atoms with Gasteiger partial charge >= 0.3 is 0 Å². The van der Waals surface area contributed by atoms with E-state index < -0.39 is 0 Å². The summed E-state index contributed by atoms with van der Waals surface area (Å²) in [6, 6.07) is 18.5. The van der Waals surface area contributed by atoms with Gasteiger partial charge in [0.25, 0.3) is 0 Å². The fourth-order valence-electron chi connectivity index (χ4n) is 2.96. The molecule has 2 aromatic rings. The van der Waals surface area contributed by atoms with E-state index in [0.717, 1.165) is 11.3 Å². The van der Waals surface area contributed by atoms with E-state index in [1.807, 2.05) is 30.5 Å². The Morgan fingerprint density at radius 3 is 2.48 bits per heavy atom. The van der Waals surface area contributed by atoms with Gasteiger partial charge in [0.1, 0.15) is 11.9 Å². The summed E-state index contributed by atoms with van der Waals surface area (Å²) in [6.45, 7) is 4.45. The molecule has 1 aliphatic heterocycles. The molecule has 1 atom stereocenters. The van der Waals surface area contributed by atoms with Gasteiger partial charge in [-0.3, -0.25) is 0 Å². The Kier molecular flexibility index (Phi) is 3.46. The van der Waals surface area contributed by atoms with Gasteiger partial charge in [-0.05, 0) is 23.3 Å². The number of methoxy groups -OCH3 is 1. The van der Waals surface area contributed by atoms with Gasteiger partial charge in [0.15, 0.2) is 0 Å². The summed E-state index contributed by atoms with van der Waals surface area (Å²) in [4.78, 5) is 0. The Balaban J connectivity index is 1.94. The van der Waals surface area contributed by atoms with Gasteiger partial charge in [0, 0.05) is 11.0 Å². The van der Waals surface area contributed by atoms with Crippen molar-refractivity contribution in [3.05, 3.63) is 72.0 Å². The lowest BCUT2D eigenvalue weighted by atomic mass is 9.75. The highest BCUT2D eigenvalue weighted by Gasteiger charge is 2.41. The van der Waals surface area contributed by atoms with E-state index >= 15 is 0 Å². The molecule has 0 N–H and O–H groups in total. The standard InChI is InChI=1S/C19H20O2/c1-19(2)17(14-8-5-4-6-9-14)13-21-18(19)15-10-7-11-16(12-15)20-3/h4-13,18H,1-3H3. The van der Waals surface area contributed by atoms with E-state index in [-0.39, 0.29) is 11.5 Å². The predicted octanol–water partition coefficient (Wildman–Crippen LogP) is 4.83. The van der Waals surface area contributed by atoms with Crippen LogP contribution in [0.15, 0.2) is 60.9 Å². The number of rotatable bonds is 3. The minimum atomic E-state index is -0.0896. The molecule has 0 saturated heterocycles. The molecule has 1 heterocycles. The van der Waals surface area contributed by atoms with Gasteiger partial charge in [-0.25, -0.2) is 0 Å². The Morgan fingerprint density at radius 2 is 1.76 bits per heavy atom. The van der Waals surface area contributed by atoms with Crippen molar-refractivity contribution in [1.82, 2.24) is 0 Å². The third-order valence-corrected chi connectivity index (χ3v) is 4.15. The van der Waals surface area contributed by atoms with Crippen LogP contribution in [0.1, 0.15) is 31.1 Å². The maximum Gasteiger partial charge on any atom is 0.132 e. The normalized spacial score (nSPS) is 19.8. The fourth-order valence-corrected chi connectivity index (χ4v) is 2.96. The molecule has 1 aliphatic rings. The number of benzene rings is 2. The molecule has 0 spiro atoms. The smallest absolute Gasteiger partial charge is 0.132 e. The van der Waals surface area contributed by atoms with Gasteiger partial charge in [-0.2, -0.15) is 0 Å². The molecule has 2 nitrogen and oxygen atoms in total. The number of hydrogen-bond acceptors (Lipinski definition) is 2. The molecule has 21 heavy (non-hydrogen) atoms. The van der Waals surface area contributed by atoms with E-state index in [2.05, 4.69) is 44.2 Å². The Morgan fingerprint density at radius 1 is 1.00 bits per heavy atom. The summed E-state index contributed by atoms with van der Waals surface area (Å²) in [5.74, 6) is 0.861. The first kappa shape index (κ1) is 13.7. The first-order valence-corrected chi connectivity index (χ1v) is 7.18. The Labute approximate surface area is 126 Å². The second-order valence-electron chi connectivity index (χ2n) is 5.91. The molecule has 0 bridgehead atoms. The van der Waals surface area contributed by atoms with Gasteiger partial charge in [-0.1, -0.05) is 56.3 Å². The van der Waals surface area contributed by atoms with Crippen LogP contribution < -0.4 is 4.74 Å². The lowest BCUT2D eigenvalue weighted by Gasteiger charge is -2.29. The molecule has 1 unspecified atom stereocenters. The minimum absolute atomic E-state index is 0.00260. The summed E-state index contributed by atoms with van der Waals surface area (Å²) in [7, 11) is 1.69. The van der Waals surface area contributed by atoms with Crippen molar-refractivity contribution in [2.75, 3.05) is 7.11 Å². The van der Waals surface area contributed by atoms with Crippen LogP contribution in [0.4, 0.5) is 0 Å². The topological polar surface area (TPSA) is 18.5 Å². The van der Waals surface area contributed by atoms with E-state index in [9.17, 15) is 0 Å². The van der Waals surface area contributed by atoms with Crippen LogP contribution in [-0.4, -0.2) is 7.11 Å². The maximum atomic E-state index is 6.00. The van der Waals surface area contributed by atoms with Crippen LogP contribution in [0.2, 0.25) is 0 Å². The molecule has 0 aliphatic carbocycles. The lowest BCUT2D eigenvalue weighted by Crippen LogP contribution is -2.20. The second kappa shape index (κ2) is 5.28. The summed E-state index contributed by atoms with van der Waals surface area (Å²) in [5, 5.41) is 0. The average molecular weight is 280 g/mol. The average Bonchev–Trinajstić information content (AvgIpc) is 2.83. The molecule has 0 aromatic heterocycles. The van der Waals surface area contributed by atoms with Crippen LogP contribution in [-0.2, 0) is 4.74 Å². The Hall–Kier alpha value is -2.22. The van der Waals surface area contributed by atoms with Crippen molar-refractivity contribution in [1.29, 1.82) is 0 Å². The molecule has 3 rings (SSSR count). The van der Waals surface area contributed by atoms with Gasteiger partial charge in [0.2, 0.25) is 0 Å². The van der Waals surface area contributed by atoms with E-state index in [0.29, 0.717) is 0 Å². The predicted molar refractivity (Wildman–Crippen MR) is 85.0 cm³/mol. The zero-order valence-corrected chi connectivity index (χ0v) is 12.7. The lowest BCUT2D eigenvalue weighted by molar-refractivity contribution is 0.0977. The van der Waals surface area contributed by atoms with Crippen LogP contribution in [0, 0.1) is 5.41 Å². The molecule has 2 aromatic carbocycles. The van der Waals surface area contributed by atoms with Crippen LogP contribution in [0.25, 0.3) is 5.57 Å². The molecular formula is C19H20O2. The largest absolute Gasteiger partial charge is 0.497 e. The molecule has 0 saturated carbocycles. The third-order valence-electron chi connectivity index (χ3n) is 4.15. The highest BCUT2D eigenvalue weighted by atomic mass is 16.5. The van der Waals surface area contributed by atoms with Crippen molar-refractivity contribution in [2.45, 2.75) is 20.0 Å². The van der Waals surface area contributed by atoms with Crippen LogP contribution in [0.3, 0.4) is 0 Å². The van der Waals surface area contributed by atoms with Crippen molar-refractivity contribution in [3.8, 4) is 5.75 Å². The number of ether oxygens (including phenoxy) is 2. The van der Waals surface area contributed by atoms with E-state index in [1.165, 1.54) is 11.1 Å². The highest BCUT2D eigenvalue weighted by Crippen LogP contribution is 2.51. The molecule has 0 amide bonds. The maximum absolute atomic E-state index is 6.00. The summed E-state index contributed by atoms with van der Waals surface area (Å²) in [5.41, 5.74) is 3.50. The molecular weight excluding hydrogens is 260 g/mol. The van der Waals surface area contributed by atoms with E-state index in [4.69, 9.17) is 9.47 Å². The molecule has 0 radical (unpaired) electrons. The highest BCUT2D eigenvalue weighted by molar-refractivity contribution is 5.71.